The van der Waals surface area contributed by atoms with Crippen molar-refractivity contribution in [2.45, 2.75) is 220 Å². The Kier molecular flexibility index (Phi) is 19.6. The molecular formula is C49H88O9. The minimum Gasteiger partial charge on any atom is -0.495 e. The minimum atomic E-state index is -0.0441. The molecule has 0 amide bonds. The van der Waals surface area contributed by atoms with Crippen LogP contribution in [-0.2, 0) is 42.9 Å². The third-order valence-corrected chi connectivity index (χ3v) is 12.5. The largest absolute Gasteiger partial charge is 0.495 e. The highest BCUT2D eigenvalue weighted by Gasteiger charge is 2.41. The van der Waals surface area contributed by atoms with Gasteiger partial charge in [-0.25, -0.2) is 0 Å². The van der Waals surface area contributed by atoms with E-state index in [1.54, 1.807) is 0 Å². The normalized spacial score (nSPS) is 31.8. The number of cyclic esters (lactones) is 4. The molecule has 0 bridgehead atoms. The number of carbonyl (C=O) groups excluding carboxylic acids is 4. The zero-order valence-corrected chi connectivity index (χ0v) is 40.8. The highest BCUT2D eigenvalue weighted by Crippen LogP contribution is 2.40. The third kappa shape index (κ3) is 18.4. The van der Waals surface area contributed by atoms with Crippen LogP contribution in [0.4, 0.5) is 0 Å². The fraction of sp³-hybridized carbons (Fsp3) is 0.878. The summed E-state index contributed by atoms with van der Waals surface area (Å²) in [5.41, 5.74) is 0.887. The van der Waals surface area contributed by atoms with Crippen molar-refractivity contribution in [3.63, 3.8) is 0 Å². The maximum absolute atomic E-state index is 11.4. The Morgan fingerprint density at radius 2 is 0.897 bits per heavy atom. The Bertz CT molecular complexity index is 1350. The predicted molar refractivity (Wildman–Crippen MR) is 234 cm³/mol. The number of ether oxygens (including phenoxy) is 5. The van der Waals surface area contributed by atoms with E-state index < -0.39 is 0 Å². The summed E-state index contributed by atoms with van der Waals surface area (Å²) in [5, 5.41) is 0. The Morgan fingerprint density at radius 1 is 0.448 bits per heavy atom. The van der Waals surface area contributed by atoms with Crippen LogP contribution in [0.1, 0.15) is 190 Å². The van der Waals surface area contributed by atoms with E-state index in [1.807, 2.05) is 27.7 Å². The number of carbonyl (C=O) groups is 4. The number of hydrogen-bond donors (Lipinski definition) is 0. The fourth-order valence-corrected chi connectivity index (χ4v) is 8.56. The van der Waals surface area contributed by atoms with E-state index in [-0.39, 0.29) is 81.8 Å². The second-order valence-corrected chi connectivity index (χ2v) is 23.2. The molecule has 0 aromatic carbocycles. The van der Waals surface area contributed by atoms with E-state index in [0.29, 0.717) is 42.1 Å². The maximum Gasteiger partial charge on any atom is 0.309 e. The van der Waals surface area contributed by atoms with Gasteiger partial charge in [0.25, 0.3) is 0 Å². The zero-order valence-electron chi connectivity index (χ0n) is 40.8. The Hall–Kier alpha value is -2.58. The van der Waals surface area contributed by atoms with Crippen LogP contribution in [0.25, 0.3) is 0 Å². The summed E-state index contributed by atoms with van der Waals surface area (Å²) in [4.78, 5) is 44.6. The molecule has 9 nitrogen and oxygen atoms in total. The first-order valence-electron chi connectivity index (χ1n) is 22.2. The van der Waals surface area contributed by atoms with Crippen LogP contribution < -0.4 is 0 Å². The second kappa shape index (κ2) is 21.3. The highest BCUT2D eigenvalue weighted by atomic mass is 16.6. The van der Waals surface area contributed by atoms with E-state index >= 15 is 0 Å². The SMILES string of the molecule is C=C1CCC(C(C)(C)C)C(C)O1.CC1CC(C(C)(C)C)C(=O)O1.CC1CC(C(C)(C)C)CC(=O)O1.CC1CCC(C(C)(C)C)C(=O)O1.CC1OC(=O)CC1C(C)(C)C. The molecule has 0 radical (unpaired) electrons. The lowest BCUT2D eigenvalue weighted by molar-refractivity contribution is -0.164. The van der Waals surface area contributed by atoms with Gasteiger partial charge in [-0.15, -0.1) is 0 Å². The van der Waals surface area contributed by atoms with Crippen molar-refractivity contribution in [2.75, 3.05) is 0 Å². The van der Waals surface area contributed by atoms with Crippen molar-refractivity contribution >= 4 is 23.9 Å². The first-order chi connectivity index (χ1) is 26.0. The number of allylic oxidation sites excluding steroid dienone is 1. The summed E-state index contributed by atoms with van der Waals surface area (Å²) in [7, 11) is 0. The molecule has 338 valence electrons. The molecule has 0 spiro atoms. The number of hydrogen-bond acceptors (Lipinski definition) is 9. The van der Waals surface area contributed by atoms with Gasteiger partial charge in [0.1, 0.15) is 6.10 Å². The molecular weight excluding hydrogens is 733 g/mol. The molecule has 5 rings (SSSR count). The number of rotatable bonds is 0. The van der Waals surface area contributed by atoms with Crippen molar-refractivity contribution < 1.29 is 42.9 Å². The molecule has 5 aliphatic rings. The lowest BCUT2D eigenvalue weighted by Crippen LogP contribution is -2.36. The van der Waals surface area contributed by atoms with E-state index in [2.05, 4.69) is 117 Å². The molecule has 10 atom stereocenters. The average molecular weight is 821 g/mol. The van der Waals surface area contributed by atoms with Crippen molar-refractivity contribution in [2.24, 2.45) is 56.7 Å². The molecule has 5 fully saturated rings. The van der Waals surface area contributed by atoms with Gasteiger partial charge in [-0.2, -0.15) is 0 Å². The summed E-state index contributed by atoms with van der Waals surface area (Å²) in [5.74, 6) is 2.57. The van der Waals surface area contributed by atoms with Gasteiger partial charge in [-0.1, -0.05) is 110 Å². The van der Waals surface area contributed by atoms with E-state index in [1.165, 1.54) is 6.42 Å². The highest BCUT2D eigenvalue weighted by molar-refractivity contribution is 5.75. The lowest BCUT2D eigenvalue weighted by atomic mass is 9.74. The molecule has 0 saturated carbocycles. The van der Waals surface area contributed by atoms with Crippen LogP contribution in [0, 0.1) is 56.7 Å². The summed E-state index contributed by atoms with van der Waals surface area (Å²) in [6, 6.07) is 0. The molecule has 10 unspecified atom stereocenters. The third-order valence-electron chi connectivity index (χ3n) is 12.5. The lowest BCUT2D eigenvalue weighted by Gasteiger charge is -2.39. The Balaban J connectivity index is 0.000000363. The number of esters is 4. The van der Waals surface area contributed by atoms with Gasteiger partial charge in [-0.05, 0) is 99.7 Å². The molecule has 58 heavy (non-hydrogen) atoms. The van der Waals surface area contributed by atoms with Gasteiger partial charge < -0.3 is 23.7 Å². The quantitative estimate of drug-likeness (QED) is 0.174. The van der Waals surface area contributed by atoms with Gasteiger partial charge in [0.15, 0.2) is 0 Å². The molecule has 0 N–H and O–H groups in total. The van der Waals surface area contributed by atoms with Crippen molar-refractivity contribution in [1.29, 1.82) is 0 Å². The molecule has 5 aliphatic heterocycles. The monoisotopic (exact) mass is 821 g/mol. The Labute approximate surface area is 355 Å². The van der Waals surface area contributed by atoms with Gasteiger partial charge in [0.05, 0.1) is 48.4 Å². The first kappa shape index (κ1) is 53.4. The Morgan fingerprint density at radius 3 is 1.22 bits per heavy atom. The predicted octanol–water partition coefficient (Wildman–Crippen LogP) is 12.1. The molecule has 5 heterocycles. The van der Waals surface area contributed by atoms with Crippen LogP contribution in [-0.4, -0.2) is 54.4 Å². The van der Waals surface area contributed by atoms with Crippen LogP contribution >= 0.6 is 0 Å². The molecule has 0 aliphatic carbocycles. The van der Waals surface area contributed by atoms with Crippen molar-refractivity contribution in [3.05, 3.63) is 12.3 Å². The molecule has 5 saturated heterocycles. The fourth-order valence-electron chi connectivity index (χ4n) is 8.56. The minimum absolute atomic E-state index is 0.0127. The molecule has 0 aromatic rings. The van der Waals surface area contributed by atoms with Gasteiger partial charge in [0.2, 0.25) is 0 Å². The summed E-state index contributed by atoms with van der Waals surface area (Å²) in [6.45, 7) is 46.2. The second-order valence-electron chi connectivity index (χ2n) is 23.2. The van der Waals surface area contributed by atoms with E-state index in [0.717, 1.165) is 37.9 Å². The van der Waals surface area contributed by atoms with Crippen LogP contribution in [0.2, 0.25) is 0 Å². The van der Waals surface area contributed by atoms with Crippen LogP contribution in [0.5, 0.6) is 0 Å². The maximum atomic E-state index is 11.4. The first-order valence-corrected chi connectivity index (χ1v) is 22.2. The van der Waals surface area contributed by atoms with Crippen molar-refractivity contribution in [3.8, 4) is 0 Å². The topological polar surface area (TPSA) is 114 Å². The van der Waals surface area contributed by atoms with E-state index in [9.17, 15) is 19.2 Å². The summed E-state index contributed by atoms with van der Waals surface area (Å²) in [6.07, 6.45) is 8.09. The van der Waals surface area contributed by atoms with E-state index in [4.69, 9.17) is 23.7 Å². The standard InChI is InChI=1S/C11H20O.2C10H18O2.2C9H16O2/c1-8-6-7-10(9(2)12-8)11(3,4)5;1-7-5-8(10(2,3)4)6-9(11)12-7;1-7-5-6-8(9(11)12-7)10(2,3)4;1-6-7(9(2,3)4)5-8(10)11-6;1-6-5-7(8(10)11-6)9(2,3)4/h9-10H,1,6-7H2,2-5H3;2*7-8H,5-6H2,1-4H3;2*6-7H,5H2,1-4H3. The van der Waals surface area contributed by atoms with Gasteiger partial charge in [-0.3, -0.25) is 19.2 Å². The van der Waals surface area contributed by atoms with Gasteiger partial charge >= 0.3 is 23.9 Å². The summed E-state index contributed by atoms with van der Waals surface area (Å²) < 4.78 is 26.0. The van der Waals surface area contributed by atoms with Gasteiger partial charge in [0, 0.05) is 24.7 Å². The average Bonchev–Trinajstić information content (AvgIpc) is 3.55. The molecule has 0 aromatic heterocycles. The zero-order chi connectivity index (χ0) is 45.4. The smallest absolute Gasteiger partial charge is 0.309 e. The molecule has 9 heteroatoms. The van der Waals surface area contributed by atoms with Crippen LogP contribution in [0.15, 0.2) is 12.3 Å². The van der Waals surface area contributed by atoms with Crippen LogP contribution in [0.3, 0.4) is 0 Å². The van der Waals surface area contributed by atoms with Crippen molar-refractivity contribution in [1.82, 2.24) is 0 Å². The summed E-state index contributed by atoms with van der Waals surface area (Å²) >= 11 is 0.